The van der Waals surface area contributed by atoms with Crippen LogP contribution in [-0.2, 0) is 9.53 Å². The zero-order valence-corrected chi connectivity index (χ0v) is 10.0. The molecular weight excluding hydrogens is 194 g/mol. The average molecular weight is 217 g/mol. The van der Waals surface area contributed by atoms with Crippen molar-refractivity contribution in [2.45, 2.75) is 33.1 Å². The summed E-state index contributed by atoms with van der Waals surface area (Å²) in [6, 6.07) is 0. The van der Waals surface area contributed by atoms with E-state index in [1.807, 2.05) is 0 Å². The first-order valence-electron chi connectivity index (χ1n) is 5.38. The van der Waals surface area contributed by atoms with Crippen LogP contribution in [-0.4, -0.2) is 37.9 Å². The maximum Gasteiger partial charge on any atom is 0.222 e. The van der Waals surface area contributed by atoms with E-state index in [0.717, 1.165) is 12.8 Å². The van der Waals surface area contributed by atoms with Gasteiger partial charge in [-0.1, -0.05) is 13.8 Å². The number of nitrogens with one attached hydrogen (secondary N) is 1. The quantitative estimate of drug-likeness (QED) is 0.636. The standard InChI is InChI=1S/C11H23NO3/c1-11(2,6-4-7-13)9-12-10(14)5-8-15-3/h13H,4-9H2,1-3H3,(H,12,14). The number of carbonyl (C=O) groups is 1. The van der Waals surface area contributed by atoms with Crippen molar-refractivity contribution in [2.75, 3.05) is 26.9 Å². The highest BCUT2D eigenvalue weighted by atomic mass is 16.5. The minimum absolute atomic E-state index is 0.0222. The van der Waals surface area contributed by atoms with Crippen molar-refractivity contribution in [3.63, 3.8) is 0 Å². The van der Waals surface area contributed by atoms with Gasteiger partial charge in [-0.15, -0.1) is 0 Å². The summed E-state index contributed by atoms with van der Waals surface area (Å²) in [5, 5.41) is 11.6. The molecule has 0 radical (unpaired) electrons. The molecule has 0 atom stereocenters. The minimum atomic E-state index is 0.0222. The van der Waals surface area contributed by atoms with Crippen LogP contribution >= 0.6 is 0 Å². The van der Waals surface area contributed by atoms with Crippen LogP contribution in [0.2, 0.25) is 0 Å². The van der Waals surface area contributed by atoms with Crippen LogP contribution in [0.15, 0.2) is 0 Å². The van der Waals surface area contributed by atoms with E-state index in [9.17, 15) is 4.79 Å². The lowest BCUT2D eigenvalue weighted by atomic mass is 9.88. The third-order valence-corrected chi connectivity index (χ3v) is 2.31. The Morgan fingerprint density at radius 1 is 1.47 bits per heavy atom. The van der Waals surface area contributed by atoms with Crippen LogP contribution < -0.4 is 5.32 Å². The second-order valence-corrected chi connectivity index (χ2v) is 4.51. The van der Waals surface area contributed by atoms with Crippen molar-refractivity contribution < 1.29 is 14.6 Å². The number of hydrogen-bond donors (Lipinski definition) is 2. The third-order valence-electron chi connectivity index (χ3n) is 2.31. The van der Waals surface area contributed by atoms with Gasteiger partial charge in [0, 0.05) is 26.7 Å². The van der Waals surface area contributed by atoms with Crippen molar-refractivity contribution >= 4 is 5.91 Å². The van der Waals surface area contributed by atoms with Gasteiger partial charge in [-0.05, 0) is 18.3 Å². The fourth-order valence-corrected chi connectivity index (χ4v) is 1.27. The second-order valence-electron chi connectivity index (χ2n) is 4.51. The molecule has 0 aromatic carbocycles. The monoisotopic (exact) mass is 217 g/mol. The lowest BCUT2D eigenvalue weighted by Gasteiger charge is -2.24. The van der Waals surface area contributed by atoms with Crippen molar-refractivity contribution in [1.82, 2.24) is 5.32 Å². The normalized spacial score (nSPS) is 11.5. The molecule has 1 amide bonds. The molecule has 15 heavy (non-hydrogen) atoms. The van der Waals surface area contributed by atoms with E-state index in [2.05, 4.69) is 19.2 Å². The molecule has 0 heterocycles. The van der Waals surface area contributed by atoms with Gasteiger partial charge in [0.05, 0.1) is 6.61 Å². The second kappa shape index (κ2) is 7.65. The Hall–Kier alpha value is -0.610. The zero-order chi connectivity index (χ0) is 11.7. The molecule has 0 saturated heterocycles. The van der Waals surface area contributed by atoms with Crippen molar-refractivity contribution in [2.24, 2.45) is 5.41 Å². The first kappa shape index (κ1) is 14.4. The van der Waals surface area contributed by atoms with Gasteiger partial charge in [0.2, 0.25) is 5.91 Å². The number of carbonyl (C=O) groups excluding carboxylic acids is 1. The van der Waals surface area contributed by atoms with Gasteiger partial charge in [-0.25, -0.2) is 0 Å². The van der Waals surface area contributed by atoms with E-state index in [-0.39, 0.29) is 17.9 Å². The summed E-state index contributed by atoms with van der Waals surface area (Å²) in [4.78, 5) is 11.3. The summed E-state index contributed by atoms with van der Waals surface area (Å²) in [6.45, 7) is 5.48. The highest BCUT2D eigenvalue weighted by Gasteiger charge is 2.17. The summed E-state index contributed by atoms with van der Waals surface area (Å²) in [6.07, 6.45) is 2.10. The molecule has 0 bridgehead atoms. The van der Waals surface area contributed by atoms with Crippen molar-refractivity contribution in [1.29, 1.82) is 0 Å². The molecule has 0 aliphatic carbocycles. The molecule has 0 aromatic rings. The molecule has 0 rings (SSSR count). The van der Waals surface area contributed by atoms with Crippen LogP contribution in [0.1, 0.15) is 33.1 Å². The van der Waals surface area contributed by atoms with Gasteiger partial charge in [0.15, 0.2) is 0 Å². The lowest BCUT2D eigenvalue weighted by molar-refractivity contribution is -0.122. The van der Waals surface area contributed by atoms with E-state index < -0.39 is 0 Å². The highest BCUT2D eigenvalue weighted by Crippen LogP contribution is 2.20. The fourth-order valence-electron chi connectivity index (χ4n) is 1.27. The summed E-state index contributed by atoms with van der Waals surface area (Å²) in [5.41, 5.74) is 0.0471. The number of hydrogen-bond acceptors (Lipinski definition) is 3. The Morgan fingerprint density at radius 2 is 2.13 bits per heavy atom. The molecule has 90 valence electrons. The third kappa shape index (κ3) is 8.39. The lowest BCUT2D eigenvalue weighted by Crippen LogP contribution is -2.34. The van der Waals surface area contributed by atoms with Crippen LogP contribution in [0.3, 0.4) is 0 Å². The van der Waals surface area contributed by atoms with E-state index >= 15 is 0 Å². The molecule has 0 aromatic heterocycles. The molecule has 0 saturated carbocycles. The number of amides is 1. The number of aliphatic hydroxyl groups excluding tert-OH is 1. The van der Waals surface area contributed by atoms with E-state index in [1.54, 1.807) is 7.11 Å². The van der Waals surface area contributed by atoms with Gasteiger partial charge in [0.1, 0.15) is 0 Å². The van der Waals surface area contributed by atoms with Crippen LogP contribution in [0.25, 0.3) is 0 Å². The summed E-state index contributed by atoms with van der Waals surface area (Å²) < 4.78 is 4.82. The van der Waals surface area contributed by atoms with E-state index in [4.69, 9.17) is 9.84 Å². The average Bonchev–Trinajstić information content (AvgIpc) is 2.21. The number of methoxy groups -OCH3 is 1. The van der Waals surface area contributed by atoms with Crippen molar-refractivity contribution in [3.05, 3.63) is 0 Å². The van der Waals surface area contributed by atoms with Gasteiger partial charge in [0.25, 0.3) is 0 Å². The topological polar surface area (TPSA) is 58.6 Å². The molecule has 0 unspecified atom stereocenters. The molecule has 0 aliphatic rings. The molecule has 0 aliphatic heterocycles. The zero-order valence-electron chi connectivity index (χ0n) is 10.0. The van der Waals surface area contributed by atoms with E-state index in [1.165, 1.54) is 0 Å². The highest BCUT2D eigenvalue weighted by molar-refractivity contribution is 5.75. The molecular formula is C11H23NO3. The summed E-state index contributed by atoms with van der Waals surface area (Å²) in [5.74, 6) is 0.0222. The first-order chi connectivity index (χ1) is 7.02. The first-order valence-corrected chi connectivity index (χ1v) is 5.38. The smallest absolute Gasteiger partial charge is 0.222 e. The van der Waals surface area contributed by atoms with Gasteiger partial charge >= 0.3 is 0 Å². The largest absolute Gasteiger partial charge is 0.396 e. The number of rotatable bonds is 8. The molecule has 4 nitrogen and oxygen atoms in total. The Kier molecular flexibility index (Phi) is 7.34. The predicted octanol–water partition coefficient (Wildman–Crippen LogP) is 0.938. The van der Waals surface area contributed by atoms with Crippen molar-refractivity contribution in [3.8, 4) is 0 Å². The Morgan fingerprint density at radius 3 is 2.67 bits per heavy atom. The Balaban J connectivity index is 3.67. The summed E-state index contributed by atoms with van der Waals surface area (Å²) >= 11 is 0. The molecule has 4 heteroatoms. The predicted molar refractivity (Wildman–Crippen MR) is 59.6 cm³/mol. The Bertz CT molecular complexity index is 181. The summed E-state index contributed by atoms with van der Waals surface area (Å²) in [7, 11) is 1.58. The maximum atomic E-state index is 11.3. The van der Waals surface area contributed by atoms with Gasteiger partial charge < -0.3 is 15.2 Å². The number of aliphatic hydroxyl groups is 1. The molecule has 0 fully saturated rings. The van der Waals surface area contributed by atoms with Gasteiger partial charge in [-0.3, -0.25) is 4.79 Å². The minimum Gasteiger partial charge on any atom is -0.396 e. The SMILES string of the molecule is COCCC(=O)NCC(C)(C)CCCO. The van der Waals surface area contributed by atoms with Crippen LogP contribution in [0, 0.1) is 5.41 Å². The maximum absolute atomic E-state index is 11.3. The van der Waals surface area contributed by atoms with Gasteiger partial charge in [-0.2, -0.15) is 0 Å². The van der Waals surface area contributed by atoms with Crippen LogP contribution in [0.5, 0.6) is 0 Å². The fraction of sp³-hybridized carbons (Fsp3) is 0.909. The van der Waals surface area contributed by atoms with E-state index in [0.29, 0.717) is 19.6 Å². The number of ether oxygens (including phenoxy) is 1. The van der Waals surface area contributed by atoms with Crippen LogP contribution in [0.4, 0.5) is 0 Å². The molecule has 0 spiro atoms. The Labute approximate surface area is 92.0 Å². The molecule has 2 N–H and O–H groups in total.